The van der Waals surface area contributed by atoms with Crippen molar-refractivity contribution in [1.82, 2.24) is 10.2 Å². The molecule has 0 fully saturated rings. The van der Waals surface area contributed by atoms with Crippen LogP contribution in [-0.2, 0) is 15.6 Å². The maximum atomic E-state index is 12.6. The number of H-pyrrole nitrogens is 1. The number of rotatable bonds is 6. The van der Waals surface area contributed by atoms with E-state index in [1.807, 2.05) is 19.1 Å². The third-order valence-corrected chi connectivity index (χ3v) is 6.94. The molecule has 3 heterocycles. The Hall–Kier alpha value is -3.17. The number of nitrogens with zero attached hydrogens (tertiary/aromatic N) is 1. The summed E-state index contributed by atoms with van der Waals surface area (Å²) < 4.78 is 30.5. The Morgan fingerprint density at radius 2 is 1.97 bits per heavy atom. The van der Waals surface area contributed by atoms with Gasteiger partial charge in [-0.05, 0) is 37.3 Å². The van der Waals surface area contributed by atoms with E-state index in [1.54, 1.807) is 35.6 Å². The van der Waals surface area contributed by atoms with Gasteiger partial charge in [-0.1, -0.05) is 18.2 Å². The summed E-state index contributed by atoms with van der Waals surface area (Å²) in [6.07, 6.45) is 1.30. The number of nitrogens with one attached hydrogen (secondary N) is 2. The summed E-state index contributed by atoms with van der Waals surface area (Å²) in [7, 11) is -3.60. The minimum atomic E-state index is -3.60. The lowest BCUT2D eigenvalue weighted by molar-refractivity contribution is 0.0995. The van der Waals surface area contributed by atoms with Gasteiger partial charge in [-0.25, -0.2) is 8.42 Å². The number of aryl methyl sites for hydroxylation is 1. The Kier molecular flexibility index (Phi) is 5.08. The van der Waals surface area contributed by atoms with Gasteiger partial charge in [-0.3, -0.25) is 9.89 Å². The Labute approximate surface area is 171 Å². The second-order valence-corrected chi connectivity index (χ2v) is 9.66. The topological polar surface area (TPSA) is 105 Å². The lowest BCUT2D eigenvalue weighted by Crippen LogP contribution is -2.15. The first kappa shape index (κ1) is 19.2. The summed E-state index contributed by atoms with van der Waals surface area (Å²) in [5.74, 6) is -0.629. The van der Waals surface area contributed by atoms with E-state index in [1.165, 1.54) is 29.3 Å². The number of thiophene rings is 1. The zero-order valence-electron chi connectivity index (χ0n) is 15.4. The maximum Gasteiger partial charge on any atom is 0.292 e. The van der Waals surface area contributed by atoms with Crippen LogP contribution in [0.3, 0.4) is 0 Å². The Morgan fingerprint density at radius 3 is 2.69 bits per heavy atom. The van der Waals surface area contributed by atoms with Gasteiger partial charge in [0.1, 0.15) is 0 Å². The van der Waals surface area contributed by atoms with Crippen molar-refractivity contribution in [2.45, 2.75) is 17.6 Å². The lowest BCUT2D eigenvalue weighted by atomic mass is 10.2. The molecule has 4 rings (SSSR count). The zero-order chi connectivity index (χ0) is 20.4. The fraction of sp³-hybridized carbons (Fsp3) is 0.100. The largest absolute Gasteiger partial charge is 0.459 e. The molecule has 148 valence electrons. The number of hydrogen-bond acceptors (Lipinski definition) is 6. The van der Waals surface area contributed by atoms with Gasteiger partial charge in [0.15, 0.2) is 21.4 Å². The van der Waals surface area contributed by atoms with E-state index in [0.717, 1.165) is 10.6 Å². The minimum Gasteiger partial charge on any atom is -0.459 e. The number of benzene rings is 1. The number of furan rings is 1. The van der Waals surface area contributed by atoms with E-state index in [4.69, 9.17) is 4.42 Å². The number of carbonyl (C=O) groups excluding carboxylic acids is 1. The molecule has 9 heteroatoms. The molecule has 0 unspecified atom stereocenters. The molecular weight excluding hydrogens is 410 g/mol. The summed E-state index contributed by atoms with van der Waals surface area (Å²) in [5.41, 5.74) is 1.07. The number of anilines is 1. The molecule has 0 bridgehead atoms. The quantitative estimate of drug-likeness (QED) is 0.478. The molecule has 1 amide bonds. The lowest BCUT2D eigenvalue weighted by Gasteiger charge is -2.05. The van der Waals surface area contributed by atoms with Crippen molar-refractivity contribution >= 4 is 32.9 Å². The highest BCUT2D eigenvalue weighted by Crippen LogP contribution is 2.28. The predicted molar refractivity (Wildman–Crippen MR) is 111 cm³/mol. The van der Waals surface area contributed by atoms with Gasteiger partial charge < -0.3 is 9.73 Å². The fourth-order valence-corrected chi connectivity index (χ4v) is 5.04. The molecule has 0 saturated heterocycles. The molecule has 3 aromatic heterocycles. The van der Waals surface area contributed by atoms with Crippen molar-refractivity contribution in [3.63, 3.8) is 0 Å². The summed E-state index contributed by atoms with van der Waals surface area (Å²) >= 11 is 1.61. The number of amides is 1. The first-order valence-corrected chi connectivity index (χ1v) is 11.2. The van der Waals surface area contributed by atoms with Crippen LogP contribution in [0.2, 0.25) is 0 Å². The van der Waals surface area contributed by atoms with Crippen molar-refractivity contribution in [3.8, 4) is 10.6 Å². The van der Waals surface area contributed by atoms with Crippen LogP contribution >= 0.6 is 11.3 Å². The van der Waals surface area contributed by atoms with Crippen molar-refractivity contribution < 1.29 is 17.6 Å². The first-order chi connectivity index (χ1) is 13.9. The second-order valence-electron chi connectivity index (χ2n) is 6.38. The van der Waals surface area contributed by atoms with Crippen LogP contribution in [0.1, 0.15) is 21.0 Å². The van der Waals surface area contributed by atoms with E-state index in [0.29, 0.717) is 5.82 Å². The van der Waals surface area contributed by atoms with Crippen molar-refractivity contribution in [1.29, 1.82) is 0 Å². The van der Waals surface area contributed by atoms with Crippen LogP contribution in [-0.4, -0.2) is 24.5 Å². The summed E-state index contributed by atoms with van der Waals surface area (Å²) in [5, 5.41) is 9.61. The van der Waals surface area contributed by atoms with Gasteiger partial charge in [0.25, 0.3) is 5.91 Å². The van der Waals surface area contributed by atoms with Gasteiger partial charge in [-0.15, -0.1) is 11.3 Å². The molecule has 0 spiro atoms. The molecule has 0 aliphatic heterocycles. The SMILES string of the molecule is Cc1ccc(-c2cc(NC(=O)c3occc3CS(=O)(=O)c3ccccc3)n[nH]2)s1. The average molecular weight is 428 g/mol. The zero-order valence-corrected chi connectivity index (χ0v) is 17.0. The van der Waals surface area contributed by atoms with Gasteiger partial charge in [0.2, 0.25) is 0 Å². The molecule has 0 radical (unpaired) electrons. The first-order valence-electron chi connectivity index (χ1n) is 8.70. The smallest absolute Gasteiger partial charge is 0.292 e. The van der Waals surface area contributed by atoms with E-state index in [2.05, 4.69) is 15.5 Å². The highest BCUT2D eigenvalue weighted by atomic mass is 32.2. The molecular formula is C20H17N3O4S2. The Bertz CT molecular complexity index is 1250. The van der Waals surface area contributed by atoms with Gasteiger partial charge >= 0.3 is 0 Å². The molecule has 7 nitrogen and oxygen atoms in total. The third kappa shape index (κ3) is 4.15. The number of hydrogen-bond donors (Lipinski definition) is 2. The van der Waals surface area contributed by atoms with Crippen LogP contribution in [0, 0.1) is 6.92 Å². The van der Waals surface area contributed by atoms with Crippen LogP contribution in [0.5, 0.6) is 0 Å². The van der Waals surface area contributed by atoms with E-state index in [-0.39, 0.29) is 22.0 Å². The summed E-state index contributed by atoms with van der Waals surface area (Å²) in [6, 6.07) is 15.3. The second kappa shape index (κ2) is 7.69. The number of sulfone groups is 1. The average Bonchev–Trinajstić information content (AvgIpc) is 3.43. The number of aromatic nitrogens is 2. The monoisotopic (exact) mass is 427 g/mol. The van der Waals surface area contributed by atoms with E-state index in [9.17, 15) is 13.2 Å². The molecule has 0 aliphatic carbocycles. The fourth-order valence-electron chi connectivity index (χ4n) is 2.83. The highest BCUT2D eigenvalue weighted by molar-refractivity contribution is 7.90. The van der Waals surface area contributed by atoms with Gasteiger partial charge in [-0.2, -0.15) is 5.10 Å². The van der Waals surface area contributed by atoms with Gasteiger partial charge in [0, 0.05) is 16.5 Å². The molecule has 0 atom stereocenters. The van der Waals surface area contributed by atoms with Crippen molar-refractivity contribution in [2.75, 3.05) is 5.32 Å². The van der Waals surface area contributed by atoms with E-state index >= 15 is 0 Å². The maximum absolute atomic E-state index is 12.6. The van der Waals surface area contributed by atoms with Crippen LogP contribution in [0.15, 0.2) is 70.2 Å². The number of aromatic amines is 1. The minimum absolute atomic E-state index is 0.0546. The van der Waals surface area contributed by atoms with Crippen molar-refractivity contribution in [3.05, 3.63) is 77.1 Å². The highest BCUT2D eigenvalue weighted by Gasteiger charge is 2.23. The summed E-state index contributed by atoms with van der Waals surface area (Å²) in [4.78, 5) is 15.0. The predicted octanol–water partition coefficient (Wildman–Crippen LogP) is 4.27. The van der Waals surface area contributed by atoms with Crippen LogP contribution in [0.25, 0.3) is 10.6 Å². The van der Waals surface area contributed by atoms with Gasteiger partial charge in [0.05, 0.1) is 27.5 Å². The third-order valence-electron chi connectivity index (χ3n) is 4.23. The summed E-state index contributed by atoms with van der Waals surface area (Å²) in [6.45, 7) is 2.01. The molecule has 0 aliphatic rings. The normalized spacial score (nSPS) is 11.5. The molecule has 0 saturated carbocycles. The molecule has 1 aromatic carbocycles. The Morgan fingerprint density at radius 1 is 1.17 bits per heavy atom. The standard InChI is InChI=1S/C20H17N3O4S2/c1-13-7-8-17(28-13)16-11-18(23-22-16)21-20(24)19-14(9-10-27-19)12-29(25,26)15-5-3-2-4-6-15/h2-11H,12H2,1H3,(H2,21,22,23,24). The van der Waals surface area contributed by atoms with Crippen molar-refractivity contribution in [2.24, 2.45) is 0 Å². The number of carbonyl (C=O) groups is 1. The molecule has 2 N–H and O–H groups in total. The Balaban J connectivity index is 1.51. The van der Waals surface area contributed by atoms with Crippen LogP contribution in [0.4, 0.5) is 5.82 Å². The molecule has 4 aromatic rings. The van der Waals surface area contributed by atoms with E-state index < -0.39 is 15.7 Å². The molecule has 29 heavy (non-hydrogen) atoms. The van der Waals surface area contributed by atoms with Crippen LogP contribution < -0.4 is 5.32 Å².